The zero-order valence-electron chi connectivity index (χ0n) is 19.4. The normalized spacial score (nSPS) is 15.6. The Morgan fingerprint density at radius 2 is 1.56 bits per heavy atom. The zero-order valence-corrected chi connectivity index (χ0v) is 19.4. The van der Waals surface area contributed by atoms with Crippen LogP contribution in [0.2, 0.25) is 0 Å². The van der Waals surface area contributed by atoms with Crippen LogP contribution < -0.4 is 9.64 Å². The van der Waals surface area contributed by atoms with Crippen LogP contribution in [0.4, 0.5) is 5.69 Å². The molecule has 0 N–H and O–H groups in total. The van der Waals surface area contributed by atoms with Gasteiger partial charge in [0.15, 0.2) is 6.61 Å². The fourth-order valence-corrected chi connectivity index (χ4v) is 4.04. The van der Waals surface area contributed by atoms with E-state index >= 15 is 0 Å². The molecule has 0 spiro atoms. The maximum Gasteiger partial charge on any atom is 0.261 e. The van der Waals surface area contributed by atoms with Crippen LogP contribution in [0, 0.1) is 0 Å². The van der Waals surface area contributed by atoms with Crippen molar-refractivity contribution in [1.82, 2.24) is 4.90 Å². The number of ether oxygens (including phenoxy) is 1. The van der Waals surface area contributed by atoms with E-state index in [1.165, 1.54) is 9.80 Å². The Morgan fingerprint density at radius 1 is 0.941 bits per heavy atom. The summed E-state index contributed by atoms with van der Waals surface area (Å²) in [4.78, 5) is 42.2. The highest BCUT2D eigenvalue weighted by atomic mass is 16.5. The van der Waals surface area contributed by atoms with Gasteiger partial charge >= 0.3 is 0 Å². The van der Waals surface area contributed by atoms with Gasteiger partial charge in [0.2, 0.25) is 5.91 Å². The molecule has 3 amide bonds. The van der Waals surface area contributed by atoms with Crippen LogP contribution in [0.1, 0.15) is 37.3 Å². The topological polar surface area (TPSA) is 66.9 Å². The molecule has 174 valence electrons. The quantitative estimate of drug-likeness (QED) is 0.467. The minimum atomic E-state index is -0.885. The van der Waals surface area contributed by atoms with Gasteiger partial charge in [0, 0.05) is 6.54 Å². The third kappa shape index (κ3) is 5.17. The molecule has 1 atom stereocenters. The summed E-state index contributed by atoms with van der Waals surface area (Å²) in [5, 5.41) is 0. The molecule has 1 aliphatic rings. The second kappa shape index (κ2) is 10.3. The van der Waals surface area contributed by atoms with Crippen LogP contribution in [-0.2, 0) is 20.9 Å². The van der Waals surface area contributed by atoms with Gasteiger partial charge < -0.3 is 9.64 Å². The van der Waals surface area contributed by atoms with Crippen molar-refractivity contribution in [2.45, 2.75) is 38.8 Å². The molecular weight excluding hydrogens is 428 g/mol. The van der Waals surface area contributed by atoms with E-state index in [9.17, 15) is 14.4 Å². The van der Waals surface area contributed by atoms with Crippen molar-refractivity contribution in [3.63, 3.8) is 0 Å². The van der Waals surface area contributed by atoms with Crippen LogP contribution >= 0.6 is 0 Å². The SMILES string of the molecule is CC(C)c1ccc(N2C(=O)CC(N(Cc3ccccc3)C(=O)COc3ccccc3)C2=O)cc1. The van der Waals surface area contributed by atoms with Gasteiger partial charge in [-0.05, 0) is 41.3 Å². The first-order valence-corrected chi connectivity index (χ1v) is 11.4. The second-order valence-electron chi connectivity index (χ2n) is 8.64. The van der Waals surface area contributed by atoms with E-state index in [1.807, 2.05) is 60.7 Å². The van der Waals surface area contributed by atoms with Crippen LogP contribution in [0.25, 0.3) is 0 Å². The molecular formula is C28H28N2O4. The lowest BCUT2D eigenvalue weighted by molar-refractivity contribution is -0.140. The van der Waals surface area contributed by atoms with Crippen LogP contribution in [-0.4, -0.2) is 35.3 Å². The van der Waals surface area contributed by atoms with Gasteiger partial charge in [0.05, 0.1) is 12.1 Å². The molecule has 34 heavy (non-hydrogen) atoms. The minimum Gasteiger partial charge on any atom is -0.484 e. The summed E-state index contributed by atoms with van der Waals surface area (Å²) in [6.45, 7) is 4.16. The molecule has 6 heteroatoms. The lowest BCUT2D eigenvalue weighted by atomic mass is 10.0. The van der Waals surface area contributed by atoms with E-state index in [0.717, 1.165) is 11.1 Å². The molecule has 0 saturated carbocycles. The molecule has 0 aromatic heterocycles. The van der Waals surface area contributed by atoms with Crippen LogP contribution in [0.3, 0.4) is 0 Å². The highest BCUT2D eigenvalue weighted by molar-refractivity contribution is 6.23. The predicted molar refractivity (Wildman–Crippen MR) is 130 cm³/mol. The molecule has 1 heterocycles. The summed E-state index contributed by atoms with van der Waals surface area (Å²) in [6, 6.07) is 25.0. The van der Waals surface area contributed by atoms with E-state index < -0.39 is 11.9 Å². The molecule has 3 aromatic carbocycles. The van der Waals surface area contributed by atoms with E-state index in [-0.39, 0.29) is 31.4 Å². The summed E-state index contributed by atoms with van der Waals surface area (Å²) >= 11 is 0. The standard InChI is InChI=1S/C28H28N2O4/c1-20(2)22-13-15-23(16-14-22)30-26(31)17-25(28(30)33)29(18-21-9-5-3-6-10-21)27(32)19-34-24-11-7-4-8-12-24/h3-16,20,25H,17-19H2,1-2H3. The number of rotatable bonds is 8. The van der Waals surface area contributed by atoms with Gasteiger partial charge in [0.1, 0.15) is 11.8 Å². The molecule has 0 radical (unpaired) electrons. The second-order valence-corrected chi connectivity index (χ2v) is 8.64. The highest BCUT2D eigenvalue weighted by Gasteiger charge is 2.44. The van der Waals surface area contributed by atoms with Crippen molar-refractivity contribution in [2.24, 2.45) is 0 Å². The van der Waals surface area contributed by atoms with Crippen molar-refractivity contribution in [3.8, 4) is 5.75 Å². The van der Waals surface area contributed by atoms with E-state index in [2.05, 4.69) is 13.8 Å². The van der Waals surface area contributed by atoms with Crippen molar-refractivity contribution < 1.29 is 19.1 Å². The van der Waals surface area contributed by atoms with E-state index in [4.69, 9.17) is 4.74 Å². The maximum absolute atomic E-state index is 13.4. The molecule has 3 aromatic rings. The Labute approximate surface area is 199 Å². The minimum absolute atomic E-state index is 0.0608. The lowest BCUT2D eigenvalue weighted by Crippen LogP contribution is -2.46. The Morgan fingerprint density at radius 3 is 2.18 bits per heavy atom. The van der Waals surface area contributed by atoms with E-state index in [1.54, 1.807) is 24.3 Å². The zero-order chi connectivity index (χ0) is 24.1. The summed E-state index contributed by atoms with van der Waals surface area (Å²) in [7, 11) is 0. The molecule has 1 aliphatic heterocycles. The highest BCUT2D eigenvalue weighted by Crippen LogP contribution is 2.28. The molecule has 4 rings (SSSR count). The van der Waals surface area contributed by atoms with Gasteiger partial charge in [-0.2, -0.15) is 0 Å². The fraction of sp³-hybridized carbons (Fsp3) is 0.250. The third-order valence-corrected chi connectivity index (χ3v) is 5.94. The molecule has 0 bridgehead atoms. The number of imide groups is 1. The largest absolute Gasteiger partial charge is 0.484 e. The molecule has 1 saturated heterocycles. The Bertz CT molecular complexity index is 1140. The van der Waals surface area contributed by atoms with Crippen LogP contribution in [0.15, 0.2) is 84.9 Å². The number of anilines is 1. The Kier molecular flexibility index (Phi) is 7.07. The molecule has 6 nitrogen and oxygen atoms in total. The summed E-state index contributed by atoms with van der Waals surface area (Å²) in [5.41, 5.74) is 2.52. The Balaban J connectivity index is 1.56. The first-order valence-electron chi connectivity index (χ1n) is 11.4. The molecule has 1 unspecified atom stereocenters. The average molecular weight is 457 g/mol. The summed E-state index contributed by atoms with van der Waals surface area (Å²) in [6.07, 6.45) is -0.0608. The fourth-order valence-electron chi connectivity index (χ4n) is 4.04. The average Bonchev–Trinajstić information content (AvgIpc) is 3.15. The number of hydrogen-bond donors (Lipinski definition) is 0. The van der Waals surface area contributed by atoms with Gasteiger partial charge in [0.25, 0.3) is 11.8 Å². The van der Waals surface area contributed by atoms with Gasteiger partial charge in [-0.3, -0.25) is 14.4 Å². The number of benzene rings is 3. The number of carbonyl (C=O) groups is 3. The number of carbonyl (C=O) groups excluding carboxylic acids is 3. The van der Waals surface area contributed by atoms with Crippen molar-refractivity contribution in [2.75, 3.05) is 11.5 Å². The molecule has 1 fully saturated rings. The van der Waals surface area contributed by atoms with Gasteiger partial charge in [-0.15, -0.1) is 0 Å². The number of hydrogen-bond acceptors (Lipinski definition) is 4. The van der Waals surface area contributed by atoms with Gasteiger partial charge in [-0.25, -0.2) is 4.90 Å². The van der Waals surface area contributed by atoms with Crippen molar-refractivity contribution in [1.29, 1.82) is 0 Å². The summed E-state index contributed by atoms with van der Waals surface area (Å²) in [5.74, 6) is -0.157. The number of para-hydroxylation sites is 1. The maximum atomic E-state index is 13.4. The van der Waals surface area contributed by atoms with Crippen molar-refractivity contribution >= 4 is 23.4 Å². The first kappa shape index (κ1) is 23.2. The molecule has 0 aliphatic carbocycles. The van der Waals surface area contributed by atoms with E-state index in [0.29, 0.717) is 17.4 Å². The number of amides is 3. The van der Waals surface area contributed by atoms with Crippen LogP contribution in [0.5, 0.6) is 5.75 Å². The smallest absolute Gasteiger partial charge is 0.261 e. The first-order chi connectivity index (χ1) is 16.4. The third-order valence-electron chi connectivity index (χ3n) is 5.94. The predicted octanol–water partition coefficient (Wildman–Crippen LogP) is 4.55. The van der Waals surface area contributed by atoms with Gasteiger partial charge in [-0.1, -0.05) is 74.5 Å². The lowest BCUT2D eigenvalue weighted by Gasteiger charge is -2.28. The monoisotopic (exact) mass is 456 g/mol. The Hall–Kier alpha value is -3.93. The summed E-state index contributed by atoms with van der Waals surface area (Å²) < 4.78 is 5.65. The number of nitrogens with zero attached hydrogens (tertiary/aromatic N) is 2. The van der Waals surface area contributed by atoms with Crippen molar-refractivity contribution in [3.05, 3.63) is 96.1 Å².